The molecule has 0 radical (unpaired) electrons. The predicted octanol–water partition coefficient (Wildman–Crippen LogP) is 3.62. The van der Waals surface area contributed by atoms with Gasteiger partial charge in [-0.3, -0.25) is 10.00 Å². The average Bonchev–Trinajstić information content (AvgIpc) is 3.14. The van der Waals surface area contributed by atoms with Crippen molar-refractivity contribution >= 4 is 38.0 Å². The number of rotatable bonds is 7. The number of sulfone groups is 1. The molecule has 9 heteroatoms. The zero-order valence-corrected chi connectivity index (χ0v) is 17.9. The third kappa shape index (κ3) is 4.82. The SMILES string of the molecule is CCCCN(Cn1[nH]c(-c2ccc(Br)cc2)nc1=S)[C@H]1CCS(=O)(=O)C1. The molecule has 1 fully saturated rings. The number of aromatic nitrogens is 3. The number of nitrogens with one attached hydrogen (secondary N) is 1. The molecule has 0 bridgehead atoms. The largest absolute Gasteiger partial charge is 0.280 e. The average molecular weight is 459 g/mol. The van der Waals surface area contributed by atoms with E-state index in [1.807, 2.05) is 28.9 Å². The standard InChI is InChI=1S/C17H23BrN4O2S2/c1-2-3-9-21(15-8-10-26(23,24)11-15)12-22-17(25)19-16(20-22)13-4-6-14(18)7-5-13/h4-7,15H,2-3,8-12H2,1H3,(H,19,20,25)/t15-/m0/s1. The topological polar surface area (TPSA) is 71.0 Å². The van der Waals surface area contributed by atoms with Crippen molar-refractivity contribution < 1.29 is 8.42 Å². The molecule has 1 atom stereocenters. The minimum Gasteiger partial charge on any atom is -0.280 e. The van der Waals surface area contributed by atoms with Gasteiger partial charge in [0.15, 0.2) is 15.7 Å². The molecule has 26 heavy (non-hydrogen) atoms. The molecular weight excluding hydrogens is 436 g/mol. The van der Waals surface area contributed by atoms with Gasteiger partial charge >= 0.3 is 0 Å². The van der Waals surface area contributed by atoms with Crippen molar-refractivity contribution in [3.05, 3.63) is 33.5 Å². The van der Waals surface area contributed by atoms with Gasteiger partial charge < -0.3 is 0 Å². The van der Waals surface area contributed by atoms with Gasteiger partial charge in [0.05, 0.1) is 18.2 Å². The Morgan fingerprint density at radius 1 is 1.38 bits per heavy atom. The lowest BCUT2D eigenvalue weighted by Gasteiger charge is -2.27. The maximum Gasteiger partial charge on any atom is 0.217 e. The van der Waals surface area contributed by atoms with Gasteiger partial charge in [0.25, 0.3) is 0 Å². The number of aromatic amines is 1. The molecule has 0 spiro atoms. The Kier molecular flexibility index (Phi) is 6.32. The highest BCUT2D eigenvalue weighted by molar-refractivity contribution is 9.10. The second kappa shape index (κ2) is 8.33. The molecule has 0 amide bonds. The summed E-state index contributed by atoms with van der Waals surface area (Å²) in [5.74, 6) is 1.23. The highest BCUT2D eigenvalue weighted by Crippen LogP contribution is 2.21. The van der Waals surface area contributed by atoms with E-state index in [4.69, 9.17) is 12.2 Å². The zero-order chi connectivity index (χ0) is 18.7. The van der Waals surface area contributed by atoms with Crippen molar-refractivity contribution in [3.8, 4) is 11.4 Å². The molecule has 1 aromatic heterocycles. The quantitative estimate of drug-likeness (QED) is 0.641. The van der Waals surface area contributed by atoms with E-state index in [9.17, 15) is 8.42 Å². The van der Waals surface area contributed by atoms with Crippen molar-refractivity contribution in [2.45, 2.75) is 38.9 Å². The van der Waals surface area contributed by atoms with Crippen LogP contribution in [0.1, 0.15) is 26.2 Å². The van der Waals surface area contributed by atoms with Crippen LogP contribution in [0.25, 0.3) is 11.4 Å². The van der Waals surface area contributed by atoms with Crippen LogP contribution in [0, 0.1) is 4.77 Å². The Balaban J connectivity index is 1.80. The Morgan fingerprint density at radius 3 is 2.73 bits per heavy atom. The van der Waals surface area contributed by atoms with Gasteiger partial charge in [-0.1, -0.05) is 41.4 Å². The highest BCUT2D eigenvalue weighted by Gasteiger charge is 2.32. The molecule has 1 N–H and O–H groups in total. The predicted molar refractivity (Wildman–Crippen MR) is 109 cm³/mol. The summed E-state index contributed by atoms with van der Waals surface area (Å²) in [6, 6.07) is 7.92. The maximum absolute atomic E-state index is 11.9. The molecule has 1 aliphatic heterocycles. The van der Waals surface area contributed by atoms with Crippen LogP contribution in [0.15, 0.2) is 28.7 Å². The number of hydrogen-bond donors (Lipinski definition) is 1. The summed E-state index contributed by atoms with van der Waals surface area (Å²) in [5, 5.41) is 3.26. The summed E-state index contributed by atoms with van der Waals surface area (Å²) in [5.41, 5.74) is 0.960. The van der Waals surface area contributed by atoms with E-state index in [0.717, 1.165) is 35.2 Å². The van der Waals surface area contributed by atoms with Crippen LogP contribution < -0.4 is 0 Å². The van der Waals surface area contributed by atoms with Crippen molar-refractivity contribution in [1.29, 1.82) is 0 Å². The molecule has 0 unspecified atom stereocenters. The number of halogens is 1. The fourth-order valence-electron chi connectivity index (χ4n) is 3.16. The van der Waals surface area contributed by atoms with Crippen molar-refractivity contribution in [1.82, 2.24) is 19.7 Å². The number of benzene rings is 1. The lowest BCUT2D eigenvalue weighted by atomic mass is 10.2. The smallest absolute Gasteiger partial charge is 0.217 e. The molecule has 3 rings (SSSR count). The highest BCUT2D eigenvalue weighted by atomic mass is 79.9. The molecule has 1 saturated heterocycles. The van der Waals surface area contributed by atoms with E-state index in [2.05, 4.69) is 37.8 Å². The molecule has 0 saturated carbocycles. The summed E-state index contributed by atoms with van der Waals surface area (Å²) in [6.45, 7) is 3.52. The van der Waals surface area contributed by atoms with E-state index in [0.29, 0.717) is 17.9 Å². The summed E-state index contributed by atoms with van der Waals surface area (Å²) in [4.78, 5) is 6.68. The molecule has 6 nitrogen and oxygen atoms in total. The van der Waals surface area contributed by atoms with E-state index in [-0.39, 0.29) is 17.5 Å². The minimum atomic E-state index is -2.92. The van der Waals surface area contributed by atoms with Crippen molar-refractivity contribution in [3.63, 3.8) is 0 Å². The first-order chi connectivity index (χ1) is 12.4. The monoisotopic (exact) mass is 458 g/mol. The molecule has 1 aliphatic rings. The molecule has 2 aromatic rings. The third-order valence-corrected chi connectivity index (χ3v) is 7.23. The number of nitrogens with zero attached hydrogens (tertiary/aromatic N) is 3. The Bertz CT molecular complexity index is 906. The first-order valence-corrected chi connectivity index (χ1v) is 11.8. The van der Waals surface area contributed by atoms with Gasteiger partial charge in [-0.2, -0.15) is 4.98 Å². The van der Waals surface area contributed by atoms with E-state index in [1.54, 1.807) is 0 Å². The summed E-state index contributed by atoms with van der Waals surface area (Å²) >= 11 is 8.84. The number of unbranched alkanes of at least 4 members (excludes halogenated alkanes) is 1. The number of hydrogen-bond acceptors (Lipinski definition) is 5. The van der Waals surface area contributed by atoms with Crippen LogP contribution in [0.3, 0.4) is 0 Å². The first-order valence-electron chi connectivity index (χ1n) is 8.75. The minimum absolute atomic E-state index is 0.0490. The van der Waals surface area contributed by atoms with Gasteiger partial charge in [0, 0.05) is 22.6 Å². The van der Waals surface area contributed by atoms with E-state index in [1.165, 1.54) is 0 Å². The first kappa shape index (κ1) is 19.7. The van der Waals surface area contributed by atoms with Gasteiger partial charge in [-0.15, -0.1) is 0 Å². The fourth-order valence-corrected chi connectivity index (χ4v) is 5.38. The van der Waals surface area contributed by atoms with Gasteiger partial charge in [0.1, 0.15) is 0 Å². The Morgan fingerprint density at radius 2 is 2.12 bits per heavy atom. The Labute approximate surface area is 167 Å². The van der Waals surface area contributed by atoms with Gasteiger partial charge in [-0.25, -0.2) is 13.1 Å². The second-order valence-corrected chi connectivity index (χ2v) is 10.2. The van der Waals surface area contributed by atoms with Crippen molar-refractivity contribution in [2.75, 3.05) is 18.1 Å². The zero-order valence-electron chi connectivity index (χ0n) is 14.7. The van der Waals surface area contributed by atoms with Crippen LogP contribution in [-0.4, -0.2) is 52.2 Å². The van der Waals surface area contributed by atoms with Gasteiger partial charge in [-0.05, 0) is 37.2 Å². The number of H-pyrrole nitrogens is 1. The van der Waals surface area contributed by atoms with Crippen LogP contribution in [-0.2, 0) is 16.5 Å². The van der Waals surface area contributed by atoms with Crippen LogP contribution in [0.2, 0.25) is 0 Å². The van der Waals surface area contributed by atoms with Crippen LogP contribution in [0.4, 0.5) is 0 Å². The normalized spacial score (nSPS) is 19.3. The molecule has 2 heterocycles. The molecule has 142 valence electrons. The lowest BCUT2D eigenvalue weighted by Crippen LogP contribution is -2.38. The summed E-state index contributed by atoms with van der Waals surface area (Å²) < 4.78 is 27.1. The summed E-state index contributed by atoms with van der Waals surface area (Å²) in [7, 11) is -2.92. The maximum atomic E-state index is 11.9. The molecule has 1 aromatic carbocycles. The van der Waals surface area contributed by atoms with Crippen molar-refractivity contribution in [2.24, 2.45) is 0 Å². The Hall–Kier alpha value is -1.03. The van der Waals surface area contributed by atoms with E-state index >= 15 is 0 Å². The molecule has 0 aliphatic carbocycles. The third-order valence-electron chi connectivity index (χ3n) is 4.64. The fraction of sp³-hybridized carbons (Fsp3) is 0.529. The van der Waals surface area contributed by atoms with Crippen LogP contribution >= 0.6 is 28.1 Å². The lowest BCUT2D eigenvalue weighted by molar-refractivity contribution is 0.153. The van der Waals surface area contributed by atoms with Crippen LogP contribution in [0.5, 0.6) is 0 Å². The summed E-state index contributed by atoms with van der Waals surface area (Å²) in [6.07, 6.45) is 2.78. The molecular formula is C17H23BrN4O2S2. The van der Waals surface area contributed by atoms with Gasteiger partial charge in [0.2, 0.25) is 4.77 Å². The van der Waals surface area contributed by atoms with E-state index < -0.39 is 9.84 Å². The second-order valence-electron chi connectivity index (χ2n) is 6.65.